The Morgan fingerprint density at radius 1 is 1.45 bits per heavy atom. The summed E-state index contributed by atoms with van der Waals surface area (Å²) in [5.74, 6) is -0.0807. The average molecular weight is 286 g/mol. The molecule has 6 heteroatoms. The van der Waals surface area contributed by atoms with Crippen LogP contribution in [0.1, 0.15) is 13.0 Å². The number of hydrogen-bond acceptors (Lipinski definition) is 3. The summed E-state index contributed by atoms with van der Waals surface area (Å²) in [5, 5.41) is 3.64. The largest absolute Gasteiger partial charge is 0.357 e. The summed E-state index contributed by atoms with van der Waals surface area (Å²) < 4.78 is 2.36. The summed E-state index contributed by atoms with van der Waals surface area (Å²) in [6.45, 7) is 1.83. The van der Waals surface area contributed by atoms with Gasteiger partial charge in [0.15, 0.2) is 4.77 Å². The molecule has 1 aromatic carbocycles. The molecule has 0 bridgehead atoms. The molecule has 0 saturated carbocycles. The van der Waals surface area contributed by atoms with Crippen LogP contribution in [0.2, 0.25) is 0 Å². The molecule has 2 aromatic heterocycles. The summed E-state index contributed by atoms with van der Waals surface area (Å²) in [5.41, 5.74) is 2.63. The number of rotatable bonds is 2. The number of amides is 1. The van der Waals surface area contributed by atoms with Gasteiger partial charge in [0.1, 0.15) is 6.04 Å². The van der Waals surface area contributed by atoms with Crippen molar-refractivity contribution in [1.29, 1.82) is 0 Å². The van der Waals surface area contributed by atoms with Crippen LogP contribution in [0.4, 0.5) is 0 Å². The molecule has 0 fully saturated rings. The van der Waals surface area contributed by atoms with Crippen LogP contribution in [0, 0.1) is 4.77 Å². The molecule has 1 amide bonds. The summed E-state index contributed by atoms with van der Waals surface area (Å²) >= 11 is 5.36. The Balaban J connectivity index is 2.42. The lowest BCUT2D eigenvalue weighted by molar-refractivity contribution is -0.123. The van der Waals surface area contributed by atoms with E-state index in [4.69, 9.17) is 12.2 Å². The van der Waals surface area contributed by atoms with E-state index < -0.39 is 0 Å². The minimum absolute atomic E-state index is 0.0807. The van der Waals surface area contributed by atoms with Crippen molar-refractivity contribution >= 4 is 40.1 Å². The third-order valence-corrected chi connectivity index (χ3v) is 3.76. The summed E-state index contributed by atoms with van der Waals surface area (Å²) in [4.78, 5) is 19.4. The van der Waals surface area contributed by atoms with Crippen molar-refractivity contribution in [3.63, 3.8) is 0 Å². The smallest absolute Gasteiger partial charge is 0.242 e. The number of carbonyl (C=O) groups is 1. The van der Waals surface area contributed by atoms with Crippen molar-refractivity contribution in [2.75, 3.05) is 7.05 Å². The Morgan fingerprint density at radius 2 is 2.20 bits per heavy atom. The molecule has 0 aliphatic rings. The standard InChI is InChI=1S/C14H14N4OS/c1-8(13(19)15-2)18-12-9-5-3-4-6-10(9)16-7-11(12)17-14(18)20/h3-8H,1-2H3,(H,15,19)(H,17,20). The van der Waals surface area contributed by atoms with Gasteiger partial charge in [-0.15, -0.1) is 0 Å². The molecule has 1 unspecified atom stereocenters. The highest BCUT2D eigenvalue weighted by Gasteiger charge is 2.19. The molecule has 5 nitrogen and oxygen atoms in total. The van der Waals surface area contributed by atoms with Crippen LogP contribution in [0.25, 0.3) is 21.9 Å². The molecule has 3 rings (SSSR count). The first-order valence-electron chi connectivity index (χ1n) is 6.33. The monoisotopic (exact) mass is 286 g/mol. The normalized spacial score (nSPS) is 12.7. The lowest BCUT2D eigenvalue weighted by Gasteiger charge is -2.13. The average Bonchev–Trinajstić information content (AvgIpc) is 2.82. The number of hydrogen-bond donors (Lipinski definition) is 2. The SMILES string of the molecule is CNC(=O)C(C)n1c(=S)[nH]c2cnc3ccccc3c21. The first-order valence-corrected chi connectivity index (χ1v) is 6.74. The molecular weight excluding hydrogens is 272 g/mol. The van der Waals surface area contributed by atoms with E-state index in [2.05, 4.69) is 15.3 Å². The Labute approximate surface area is 120 Å². The number of carbonyl (C=O) groups excluding carboxylic acids is 1. The van der Waals surface area contributed by atoms with Gasteiger partial charge in [-0.25, -0.2) is 0 Å². The van der Waals surface area contributed by atoms with Gasteiger partial charge < -0.3 is 14.9 Å². The minimum atomic E-state index is -0.382. The number of pyridine rings is 1. The third-order valence-electron chi connectivity index (χ3n) is 3.46. The highest BCUT2D eigenvalue weighted by Crippen LogP contribution is 2.26. The van der Waals surface area contributed by atoms with Crippen LogP contribution in [0.5, 0.6) is 0 Å². The second-order valence-corrected chi connectivity index (χ2v) is 5.01. The number of imidazole rings is 1. The fourth-order valence-corrected chi connectivity index (χ4v) is 2.81. The van der Waals surface area contributed by atoms with Gasteiger partial charge in [0.25, 0.3) is 0 Å². The van der Waals surface area contributed by atoms with Gasteiger partial charge in [-0.3, -0.25) is 9.78 Å². The van der Waals surface area contributed by atoms with Gasteiger partial charge in [-0.05, 0) is 25.2 Å². The van der Waals surface area contributed by atoms with Gasteiger partial charge in [-0.1, -0.05) is 18.2 Å². The molecule has 2 heterocycles. The fourth-order valence-electron chi connectivity index (χ4n) is 2.45. The van der Waals surface area contributed by atoms with Crippen LogP contribution in [-0.2, 0) is 4.79 Å². The van der Waals surface area contributed by atoms with Crippen molar-refractivity contribution in [3.05, 3.63) is 35.2 Å². The topological polar surface area (TPSA) is 62.7 Å². The van der Waals surface area contributed by atoms with Crippen molar-refractivity contribution in [1.82, 2.24) is 19.9 Å². The van der Waals surface area contributed by atoms with Gasteiger partial charge in [0.2, 0.25) is 5.91 Å². The number of aromatic nitrogens is 3. The number of fused-ring (bicyclic) bond motifs is 3. The van der Waals surface area contributed by atoms with Crippen molar-refractivity contribution in [3.8, 4) is 0 Å². The number of nitrogens with one attached hydrogen (secondary N) is 2. The molecule has 20 heavy (non-hydrogen) atoms. The van der Waals surface area contributed by atoms with Gasteiger partial charge in [0, 0.05) is 12.4 Å². The molecule has 0 aliphatic carbocycles. The molecule has 0 aliphatic heterocycles. The van der Waals surface area contributed by atoms with Gasteiger partial charge in [0.05, 0.1) is 22.7 Å². The van der Waals surface area contributed by atoms with Crippen LogP contribution in [0.15, 0.2) is 30.5 Å². The number of benzene rings is 1. The Bertz CT molecular complexity index is 864. The van der Waals surface area contributed by atoms with Crippen LogP contribution in [0.3, 0.4) is 0 Å². The minimum Gasteiger partial charge on any atom is -0.357 e. The van der Waals surface area contributed by atoms with Gasteiger partial charge >= 0.3 is 0 Å². The zero-order valence-electron chi connectivity index (χ0n) is 11.2. The van der Waals surface area contributed by atoms with E-state index in [-0.39, 0.29) is 11.9 Å². The zero-order valence-corrected chi connectivity index (χ0v) is 12.0. The highest BCUT2D eigenvalue weighted by atomic mass is 32.1. The van der Waals surface area contributed by atoms with E-state index >= 15 is 0 Å². The quantitative estimate of drug-likeness (QED) is 0.712. The van der Waals surface area contributed by atoms with Crippen LogP contribution >= 0.6 is 12.2 Å². The molecule has 0 radical (unpaired) electrons. The summed E-state index contributed by atoms with van der Waals surface area (Å²) in [7, 11) is 1.62. The van der Waals surface area contributed by atoms with E-state index in [1.54, 1.807) is 13.2 Å². The first kappa shape index (κ1) is 12.8. The van der Waals surface area contributed by atoms with Crippen molar-refractivity contribution in [2.45, 2.75) is 13.0 Å². The second-order valence-electron chi connectivity index (χ2n) is 4.63. The van der Waals surface area contributed by atoms with E-state index in [9.17, 15) is 4.79 Å². The van der Waals surface area contributed by atoms with Gasteiger partial charge in [-0.2, -0.15) is 0 Å². The molecule has 1 atom stereocenters. The maximum absolute atomic E-state index is 11.9. The second kappa shape index (κ2) is 4.72. The molecule has 0 saturated heterocycles. The Morgan fingerprint density at radius 3 is 2.95 bits per heavy atom. The lowest BCUT2D eigenvalue weighted by atomic mass is 10.2. The number of nitrogens with zero attached hydrogens (tertiary/aromatic N) is 2. The zero-order chi connectivity index (χ0) is 14.3. The van der Waals surface area contributed by atoms with E-state index in [1.807, 2.05) is 35.8 Å². The van der Waals surface area contributed by atoms with E-state index in [0.717, 1.165) is 21.9 Å². The first-order chi connectivity index (χ1) is 9.63. The van der Waals surface area contributed by atoms with E-state index in [0.29, 0.717) is 4.77 Å². The summed E-state index contributed by atoms with van der Waals surface area (Å²) in [6.07, 6.45) is 1.75. The van der Waals surface area contributed by atoms with Crippen LogP contribution < -0.4 is 5.32 Å². The number of para-hydroxylation sites is 1. The van der Waals surface area contributed by atoms with Crippen molar-refractivity contribution < 1.29 is 4.79 Å². The molecule has 3 aromatic rings. The predicted molar refractivity (Wildman–Crippen MR) is 81.2 cm³/mol. The highest BCUT2D eigenvalue weighted by molar-refractivity contribution is 7.71. The Kier molecular flexibility index (Phi) is 3.02. The fraction of sp³-hybridized carbons (Fsp3) is 0.214. The van der Waals surface area contributed by atoms with Crippen LogP contribution in [-0.4, -0.2) is 27.5 Å². The maximum atomic E-state index is 11.9. The number of H-pyrrole nitrogens is 1. The number of aromatic amines is 1. The van der Waals surface area contributed by atoms with Crippen molar-refractivity contribution in [2.24, 2.45) is 0 Å². The van der Waals surface area contributed by atoms with E-state index in [1.165, 1.54) is 0 Å². The molecule has 0 spiro atoms. The Hall–Kier alpha value is -2.21. The molecular formula is C14H14N4OS. The predicted octanol–water partition coefficient (Wildman–Crippen LogP) is 2.55. The maximum Gasteiger partial charge on any atom is 0.242 e. The lowest BCUT2D eigenvalue weighted by Crippen LogP contribution is -2.27. The molecule has 2 N–H and O–H groups in total. The third kappa shape index (κ3) is 1.80. The summed E-state index contributed by atoms with van der Waals surface area (Å²) in [6, 6.07) is 7.44. The molecule has 102 valence electrons. The number of likely N-dealkylation sites (N-methyl/N-ethyl adjacent to an activating group) is 1.